The molecule has 0 rings (SSSR count). The van der Waals surface area contributed by atoms with Crippen LogP contribution in [0.25, 0.3) is 0 Å². The van der Waals surface area contributed by atoms with Gasteiger partial charge in [0.15, 0.2) is 6.10 Å². The highest BCUT2D eigenvalue weighted by Gasteiger charge is 2.26. The summed E-state index contributed by atoms with van der Waals surface area (Å²) >= 11 is 0. The van der Waals surface area contributed by atoms with E-state index in [9.17, 15) is 19.0 Å². The van der Waals surface area contributed by atoms with Crippen LogP contribution in [0, 0.1) is 0 Å². The fourth-order valence-corrected chi connectivity index (χ4v) is 11.2. The minimum absolute atomic E-state index is 0.0463. The first-order chi connectivity index (χ1) is 43.8. The number of carbonyl (C=O) groups is 2. The number of unbranched alkanes of at least 4 members (excludes halogenated alkanes) is 36. The molecule has 0 spiro atoms. The summed E-state index contributed by atoms with van der Waals surface area (Å²) in [7, 11) is -4.41. The van der Waals surface area contributed by atoms with Crippen LogP contribution in [0.1, 0.15) is 335 Å². The molecule has 9 nitrogen and oxygen atoms in total. The molecule has 0 saturated carbocycles. The van der Waals surface area contributed by atoms with Gasteiger partial charge in [-0.3, -0.25) is 18.6 Å². The van der Waals surface area contributed by atoms with Gasteiger partial charge in [-0.15, -0.1) is 0 Å². The molecule has 0 aliphatic carbocycles. The van der Waals surface area contributed by atoms with Crippen LogP contribution in [0.15, 0.2) is 122 Å². The Labute approximate surface area is 549 Å². The SMILES string of the molecule is CC/C=C\C/C=C\C/C=C\C/C=C\C/C=C\C/C=C\C/C=C\C/C=C\CCCCCCCCC(=O)OC(COC(=O)CCCCCCCCCCCCCCCCCCCCCCCCCCC/C=C\C/C=C\CCCCCCC)COP(=O)(O)OCCN. The average Bonchev–Trinajstić information content (AvgIpc) is 3.68. The zero-order valence-corrected chi connectivity index (χ0v) is 58.5. The van der Waals surface area contributed by atoms with Crippen molar-refractivity contribution in [2.75, 3.05) is 26.4 Å². The molecule has 512 valence electrons. The highest BCUT2D eigenvalue weighted by molar-refractivity contribution is 7.47. The fraction of sp³-hybridized carbons (Fsp3) is 0.722. The maximum atomic E-state index is 12.8. The summed E-state index contributed by atoms with van der Waals surface area (Å²) in [5, 5.41) is 0. The third-order valence-corrected chi connectivity index (χ3v) is 16.8. The third-order valence-electron chi connectivity index (χ3n) is 15.8. The van der Waals surface area contributed by atoms with Crippen LogP contribution in [0.2, 0.25) is 0 Å². The van der Waals surface area contributed by atoms with E-state index in [0.717, 1.165) is 116 Å². The maximum absolute atomic E-state index is 12.8. The third kappa shape index (κ3) is 73.3. The number of carbonyl (C=O) groups excluding carboxylic acids is 2. The molecule has 0 bridgehead atoms. The van der Waals surface area contributed by atoms with Crippen LogP contribution in [-0.4, -0.2) is 49.3 Å². The number of esters is 2. The van der Waals surface area contributed by atoms with E-state index in [1.54, 1.807) is 0 Å². The van der Waals surface area contributed by atoms with Crippen molar-refractivity contribution in [3.8, 4) is 0 Å². The molecule has 0 radical (unpaired) electrons. The summed E-state index contributed by atoms with van der Waals surface area (Å²) in [5.41, 5.74) is 5.40. The Bertz CT molecular complexity index is 1880. The fourth-order valence-electron chi connectivity index (χ4n) is 10.4. The van der Waals surface area contributed by atoms with Gasteiger partial charge in [0.2, 0.25) is 0 Å². The molecule has 0 amide bonds. The van der Waals surface area contributed by atoms with Crippen molar-refractivity contribution in [2.45, 2.75) is 341 Å². The first-order valence-electron chi connectivity index (χ1n) is 37.0. The van der Waals surface area contributed by atoms with Crippen LogP contribution in [0.5, 0.6) is 0 Å². The minimum atomic E-state index is -4.41. The van der Waals surface area contributed by atoms with E-state index in [0.29, 0.717) is 6.42 Å². The van der Waals surface area contributed by atoms with E-state index in [2.05, 4.69) is 135 Å². The smallest absolute Gasteiger partial charge is 0.462 e. The van der Waals surface area contributed by atoms with Gasteiger partial charge in [0.25, 0.3) is 0 Å². The summed E-state index contributed by atoms with van der Waals surface area (Å²) in [5.74, 6) is -0.839. The minimum Gasteiger partial charge on any atom is -0.462 e. The summed E-state index contributed by atoms with van der Waals surface area (Å²) in [6.45, 7) is 3.63. The number of rotatable bonds is 69. The molecule has 3 N–H and O–H groups in total. The highest BCUT2D eigenvalue weighted by Crippen LogP contribution is 2.43. The van der Waals surface area contributed by atoms with E-state index >= 15 is 0 Å². The van der Waals surface area contributed by atoms with Gasteiger partial charge < -0.3 is 20.1 Å². The molecule has 10 heteroatoms. The molecular formula is C79H138NO8P. The van der Waals surface area contributed by atoms with Gasteiger partial charge in [0.1, 0.15) is 6.61 Å². The van der Waals surface area contributed by atoms with E-state index in [4.69, 9.17) is 24.3 Å². The Morgan fingerprint density at radius 2 is 0.618 bits per heavy atom. The molecule has 0 aliphatic rings. The number of hydrogen-bond donors (Lipinski definition) is 2. The first-order valence-corrected chi connectivity index (χ1v) is 38.5. The molecule has 0 aromatic carbocycles. The van der Waals surface area contributed by atoms with Crippen molar-refractivity contribution in [3.05, 3.63) is 122 Å². The maximum Gasteiger partial charge on any atom is 0.472 e. The standard InChI is InChI=1S/C79H138NO8P/c1-3-5-7-9-11-13-15-17-19-21-23-25-27-29-31-33-35-36-37-38-39-40-42-43-45-47-49-51-53-55-57-59-61-63-65-67-69-71-78(81)85-75-77(76-87-89(83,84)86-74-73-80)88-79(82)72-70-68-66-64-62-60-58-56-54-52-50-48-46-44-41-34-32-30-28-26-24-22-20-18-16-14-12-10-8-6-4-2/h6,8,12,14-15,17-18,20-21,23-24,26,30,32,41,44,48,50,54,56,77H,3-5,7,9-11,13,16,19,22,25,27-29,31,33-40,42-43,45-47,49,51-53,55,57-76,80H2,1-2H3,(H,83,84)/b8-6-,14-12-,17-15-,20-18-,23-21-,26-24-,32-30-,44-41-,50-48-,56-54-. The van der Waals surface area contributed by atoms with Gasteiger partial charge in [-0.2, -0.15) is 0 Å². The van der Waals surface area contributed by atoms with Gasteiger partial charge in [-0.05, 0) is 109 Å². The lowest BCUT2D eigenvalue weighted by molar-refractivity contribution is -0.161. The van der Waals surface area contributed by atoms with Crippen LogP contribution in [0.4, 0.5) is 0 Å². The van der Waals surface area contributed by atoms with Crippen molar-refractivity contribution in [3.63, 3.8) is 0 Å². The Morgan fingerprint density at radius 1 is 0.348 bits per heavy atom. The number of ether oxygens (including phenoxy) is 2. The van der Waals surface area contributed by atoms with Crippen molar-refractivity contribution in [2.24, 2.45) is 5.73 Å². The number of nitrogens with two attached hydrogens (primary N) is 1. The molecule has 0 aliphatic heterocycles. The van der Waals surface area contributed by atoms with E-state index < -0.39 is 26.5 Å². The second kappa shape index (κ2) is 73.5. The topological polar surface area (TPSA) is 134 Å². The second-order valence-electron chi connectivity index (χ2n) is 24.4. The van der Waals surface area contributed by atoms with Gasteiger partial charge in [0.05, 0.1) is 13.2 Å². The Hall–Kier alpha value is -3.59. The van der Waals surface area contributed by atoms with Gasteiger partial charge >= 0.3 is 19.8 Å². The number of phosphoric acid groups is 1. The molecule has 0 heterocycles. The van der Waals surface area contributed by atoms with Crippen molar-refractivity contribution in [1.82, 2.24) is 0 Å². The highest BCUT2D eigenvalue weighted by atomic mass is 31.2. The lowest BCUT2D eigenvalue weighted by atomic mass is 10.0. The van der Waals surface area contributed by atoms with Gasteiger partial charge in [-0.25, -0.2) is 4.57 Å². The largest absolute Gasteiger partial charge is 0.472 e. The summed E-state index contributed by atoms with van der Waals surface area (Å²) < 4.78 is 33.2. The summed E-state index contributed by atoms with van der Waals surface area (Å²) in [4.78, 5) is 35.4. The molecule has 89 heavy (non-hydrogen) atoms. The number of allylic oxidation sites excluding steroid dienone is 20. The summed E-state index contributed by atoms with van der Waals surface area (Å²) in [6.07, 6.45) is 103. The van der Waals surface area contributed by atoms with Crippen LogP contribution in [0.3, 0.4) is 0 Å². The lowest BCUT2D eigenvalue weighted by Gasteiger charge is -2.19. The monoisotopic (exact) mass is 1260 g/mol. The van der Waals surface area contributed by atoms with Crippen molar-refractivity contribution < 1.29 is 37.6 Å². The molecule has 2 unspecified atom stereocenters. The van der Waals surface area contributed by atoms with E-state index in [1.807, 2.05) is 0 Å². The molecule has 0 saturated heterocycles. The Balaban J connectivity index is 3.88. The predicted molar refractivity (Wildman–Crippen MR) is 385 cm³/mol. The van der Waals surface area contributed by atoms with Crippen LogP contribution in [-0.2, 0) is 32.7 Å². The van der Waals surface area contributed by atoms with Crippen LogP contribution >= 0.6 is 7.82 Å². The predicted octanol–water partition coefficient (Wildman–Crippen LogP) is 24.6. The molecular weight excluding hydrogens is 1120 g/mol. The van der Waals surface area contributed by atoms with Gasteiger partial charge in [-0.1, -0.05) is 334 Å². The second-order valence-corrected chi connectivity index (χ2v) is 25.9. The molecule has 0 fully saturated rings. The lowest BCUT2D eigenvalue weighted by Crippen LogP contribution is -2.29. The zero-order valence-electron chi connectivity index (χ0n) is 57.6. The molecule has 0 aromatic heterocycles. The number of phosphoric ester groups is 1. The Morgan fingerprint density at radius 3 is 0.921 bits per heavy atom. The van der Waals surface area contributed by atoms with Crippen molar-refractivity contribution in [1.29, 1.82) is 0 Å². The van der Waals surface area contributed by atoms with Crippen LogP contribution < -0.4 is 5.73 Å². The zero-order chi connectivity index (χ0) is 64.4. The van der Waals surface area contributed by atoms with Crippen molar-refractivity contribution >= 4 is 19.8 Å². The Kier molecular flexibility index (Phi) is 70.5. The van der Waals surface area contributed by atoms with E-state index in [1.165, 1.54) is 186 Å². The average molecular weight is 1260 g/mol. The number of hydrogen-bond acceptors (Lipinski definition) is 8. The first kappa shape index (κ1) is 85.4. The quantitative estimate of drug-likeness (QED) is 0.0264. The van der Waals surface area contributed by atoms with E-state index in [-0.39, 0.29) is 38.6 Å². The van der Waals surface area contributed by atoms with Gasteiger partial charge in [0, 0.05) is 19.4 Å². The summed E-state index contributed by atoms with van der Waals surface area (Å²) in [6, 6.07) is 0. The normalized spacial score (nSPS) is 13.6. The molecule has 2 atom stereocenters. The molecule has 0 aromatic rings.